The Bertz CT molecular complexity index is 1600. The quantitative estimate of drug-likeness (QED) is 0.336. The van der Waals surface area contributed by atoms with Crippen LogP contribution in [0.5, 0.6) is 0 Å². The Morgan fingerprint density at radius 1 is 1.29 bits per heavy atom. The number of hydrogen-bond donors (Lipinski definition) is 1. The van der Waals surface area contributed by atoms with E-state index in [4.69, 9.17) is 4.98 Å². The fraction of sp³-hybridized carbons (Fsp3) is 0.190. The Labute approximate surface area is 182 Å². The van der Waals surface area contributed by atoms with Gasteiger partial charge in [-0.1, -0.05) is 16.1 Å². The summed E-state index contributed by atoms with van der Waals surface area (Å²) in [6.07, 6.45) is 6.16. The van der Waals surface area contributed by atoms with Crippen LogP contribution in [-0.2, 0) is 20.0 Å². The van der Waals surface area contributed by atoms with Crippen molar-refractivity contribution in [2.24, 2.45) is 7.05 Å². The van der Waals surface area contributed by atoms with Gasteiger partial charge in [0.15, 0.2) is 5.65 Å². The Morgan fingerprint density at radius 2 is 2.16 bits per heavy atom. The molecule has 0 spiro atoms. The van der Waals surface area contributed by atoms with Gasteiger partial charge in [-0.25, -0.2) is 9.67 Å². The Morgan fingerprint density at radius 3 is 2.94 bits per heavy atom. The smallest absolute Gasteiger partial charge is 0.291 e. The molecule has 5 heterocycles. The number of aromatic nitrogens is 6. The third kappa shape index (κ3) is 2.60. The van der Waals surface area contributed by atoms with Crippen LogP contribution in [0.15, 0.2) is 51.2 Å². The highest BCUT2D eigenvalue weighted by Gasteiger charge is 2.41. The lowest BCUT2D eigenvalue weighted by atomic mass is 10.2. The van der Waals surface area contributed by atoms with Crippen LogP contribution in [-0.4, -0.2) is 35.8 Å². The molecule has 0 saturated carbocycles. The van der Waals surface area contributed by atoms with Gasteiger partial charge in [0, 0.05) is 40.5 Å². The van der Waals surface area contributed by atoms with Crippen molar-refractivity contribution in [3.05, 3.63) is 63.3 Å². The van der Waals surface area contributed by atoms with Crippen molar-refractivity contribution < 1.29 is 0 Å². The van der Waals surface area contributed by atoms with Crippen LogP contribution in [0.2, 0.25) is 0 Å². The van der Waals surface area contributed by atoms with Gasteiger partial charge in [-0.05, 0) is 30.0 Å². The summed E-state index contributed by atoms with van der Waals surface area (Å²) < 4.78 is 4.32. The number of thiazole rings is 1. The first kappa shape index (κ1) is 18.4. The number of thiocyanates is 1. The van der Waals surface area contributed by atoms with Gasteiger partial charge in [0.05, 0.1) is 17.4 Å². The van der Waals surface area contributed by atoms with E-state index in [2.05, 4.69) is 20.7 Å². The van der Waals surface area contributed by atoms with E-state index in [-0.39, 0.29) is 5.56 Å². The maximum absolute atomic E-state index is 13.2. The van der Waals surface area contributed by atoms with Crippen LogP contribution in [0.3, 0.4) is 0 Å². The largest absolute Gasteiger partial charge is 0.323 e. The minimum atomic E-state index is -1.39. The molecule has 1 aromatic carbocycles. The van der Waals surface area contributed by atoms with E-state index in [1.165, 1.54) is 4.68 Å². The average molecular weight is 448 g/mol. The summed E-state index contributed by atoms with van der Waals surface area (Å²) in [4.78, 5) is 20.3. The average Bonchev–Trinajstić information content (AvgIpc) is 3.22. The molecule has 4 aromatic heterocycles. The third-order valence-electron chi connectivity index (χ3n) is 5.83. The predicted molar refractivity (Wildman–Crippen MR) is 121 cm³/mol. The van der Waals surface area contributed by atoms with Gasteiger partial charge in [-0.2, -0.15) is 15.5 Å². The van der Waals surface area contributed by atoms with Crippen molar-refractivity contribution in [3.8, 4) is 5.40 Å². The normalized spacial score (nSPS) is 19.3. The van der Waals surface area contributed by atoms with Crippen molar-refractivity contribution in [1.29, 1.82) is 5.26 Å². The van der Waals surface area contributed by atoms with Gasteiger partial charge in [0.25, 0.3) is 5.56 Å². The molecule has 5 aromatic rings. The van der Waals surface area contributed by atoms with Gasteiger partial charge in [0.1, 0.15) is 15.9 Å². The fourth-order valence-corrected chi connectivity index (χ4v) is 7.29. The van der Waals surface area contributed by atoms with Crippen LogP contribution >= 0.6 is 21.4 Å². The molecule has 154 valence electrons. The van der Waals surface area contributed by atoms with E-state index in [9.17, 15) is 10.1 Å². The van der Waals surface area contributed by atoms with E-state index >= 15 is 0 Å². The zero-order valence-corrected chi connectivity index (χ0v) is 18.4. The number of fused-ring (bicyclic) bond motifs is 4. The Kier molecular flexibility index (Phi) is 3.73. The molecule has 31 heavy (non-hydrogen) atoms. The summed E-state index contributed by atoms with van der Waals surface area (Å²) in [5.74, 6) is 0. The molecule has 0 aliphatic carbocycles. The SMILES string of the molecule is Cn1c2nc(Cc3ccn[nH]3)sc2c2cnn(Cc3ccc4c(c3)S4(C)C#N)c(=O)c21. The fourth-order valence-electron chi connectivity index (χ4n) is 4.08. The number of H-pyrrole nitrogens is 1. The van der Waals surface area contributed by atoms with E-state index < -0.39 is 10.0 Å². The Hall–Kier alpha value is -3.42. The number of nitrogens with one attached hydrogen (secondary N) is 1. The van der Waals surface area contributed by atoms with Gasteiger partial charge in [-0.15, -0.1) is 11.3 Å². The minimum absolute atomic E-state index is 0.138. The van der Waals surface area contributed by atoms with Gasteiger partial charge in [-0.3, -0.25) is 9.89 Å². The summed E-state index contributed by atoms with van der Waals surface area (Å²) in [6, 6.07) is 7.97. The second-order valence-electron chi connectivity index (χ2n) is 7.74. The molecular formula is C21H17N7OS2. The first-order valence-electron chi connectivity index (χ1n) is 9.64. The zero-order valence-electron chi connectivity index (χ0n) is 16.8. The molecule has 1 N–H and O–H groups in total. The highest BCUT2D eigenvalue weighted by molar-refractivity contribution is 8.41. The molecule has 0 bridgehead atoms. The highest BCUT2D eigenvalue weighted by Crippen LogP contribution is 2.76. The molecular weight excluding hydrogens is 430 g/mol. The number of nitrogens with zero attached hydrogens (tertiary/aromatic N) is 6. The lowest BCUT2D eigenvalue weighted by molar-refractivity contribution is 0.643. The molecule has 0 radical (unpaired) electrons. The van der Waals surface area contributed by atoms with E-state index in [1.807, 2.05) is 42.1 Å². The van der Waals surface area contributed by atoms with Crippen LogP contribution in [0.4, 0.5) is 0 Å². The summed E-state index contributed by atoms with van der Waals surface area (Å²) in [6.45, 7) is 0.375. The molecule has 10 heteroatoms. The van der Waals surface area contributed by atoms with E-state index in [1.54, 1.807) is 23.7 Å². The molecule has 8 nitrogen and oxygen atoms in total. The highest BCUT2D eigenvalue weighted by atomic mass is 32.3. The third-order valence-corrected chi connectivity index (χ3v) is 9.52. The lowest BCUT2D eigenvalue weighted by Gasteiger charge is -2.05. The van der Waals surface area contributed by atoms with Gasteiger partial charge < -0.3 is 4.57 Å². The van der Waals surface area contributed by atoms with Crippen molar-refractivity contribution in [1.82, 2.24) is 29.5 Å². The van der Waals surface area contributed by atoms with Crippen LogP contribution in [0.1, 0.15) is 16.3 Å². The maximum Gasteiger partial charge on any atom is 0.291 e. The van der Waals surface area contributed by atoms with Crippen molar-refractivity contribution in [3.63, 3.8) is 0 Å². The molecule has 1 aliphatic rings. The summed E-state index contributed by atoms with van der Waals surface area (Å²) in [5.41, 5.74) is 3.25. The second kappa shape index (κ2) is 6.29. The van der Waals surface area contributed by atoms with Crippen molar-refractivity contribution >= 4 is 42.6 Å². The molecule has 1 aliphatic heterocycles. The number of nitriles is 1. The summed E-state index contributed by atoms with van der Waals surface area (Å²) in [7, 11) is 0.484. The molecule has 0 saturated heterocycles. The van der Waals surface area contributed by atoms with Gasteiger partial charge >= 0.3 is 0 Å². The summed E-state index contributed by atoms with van der Waals surface area (Å²) >= 11 is 1.58. The number of hydrogen-bond acceptors (Lipinski definition) is 6. The standard InChI is InChI=1S/C21H17N7OS2/c1-27-18-14(19-20(27)25-17(30-19)8-13-5-6-23-26-13)9-24-28(21(18)29)10-12-3-4-15-16(7-12)31(15,2)11-22/h3-7,9H,8,10H2,1-2H3,(H,23,26). The van der Waals surface area contributed by atoms with Crippen molar-refractivity contribution in [2.45, 2.75) is 22.8 Å². The van der Waals surface area contributed by atoms with E-state index in [0.29, 0.717) is 18.5 Å². The second-order valence-corrected chi connectivity index (χ2v) is 11.7. The number of benzene rings is 1. The van der Waals surface area contributed by atoms with E-state index in [0.717, 1.165) is 41.8 Å². The minimum Gasteiger partial charge on any atom is -0.323 e. The van der Waals surface area contributed by atoms with Crippen LogP contribution in [0.25, 0.3) is 21.3 Å². The topological polar surface area (TPSA) is 105 Å². The monoisotopic (exact) mass is 447 g/mol. The Balaban J connectivity index is 1.38. The van der Waals surface area contributed by atoms with Crippen molar-refractivity contribution in [2.75, 3.05) is 6.26 Å². The molecule has 1 unspecified atom stereocenters. The van der Waals surface area contributed by atoms with Crippen LogP contribution < -0.4 is 5.56 Å². The lowest BCUT2D eigenvalue weighted by Crippen LogP contribution is -2.24. The maximum atomic E-state index is 13.2. The van der Waals surface area contributed by atoms with Crippen LogP contribution in [0, 0.1) is 10.7 Å². The zero-order chi connectivity index (χ0) is 21.3. The summed E-state index contributed by atoms with van der Waals surface area (Å²) in [5, 5.41) is 25.0. The number of aromatic amines is 1. The number of aryl methyl sites for hydroxylation is 1. The molecule has 6 rings (SSSR count). The first-order valence-corrected chi connectivity index (χ1v) is 12.5. The molecule has 0 amide bonds. The predicted octanol–water partition coefficient (Wildman–Crippen LogP) is 3.35. The number of rotatable bonds is 4. The molecule has 0 fully saturated rings. The van der Waals surface area contributed by atoms with Gasteiger partial charge in [0.2, 0.25) is 0 Å². The molecule has 1 atom stereocenters. The first-order chi connectivity index (χ1) is 15.0.